The summed E-state index contributed by atoms with van der Waals surface area (Å²) in [6.45, 7) is 0. The number of hydrogen-bond donors (Lipinski definition) is 1. The number of carbonyl (C=O) groups is 1. The Morgan fingerprint density at radius 3 is 2.81 bits per heavy atom. The standard InChI is InChI=1S/C23H22ClFN2O4/c1-27(23(29)18-13-21(31-26-18)16-8-2-3-9-17(16)24)19-10-5-11-20(22(19)28)30-15-7-4-6-14(25)12-15/h2-4,6-9,12-13,19-20,22,28H,5,10-11H2,1H3/t19-,20-,22-/m1/s1. The Kier molecular flexibility index (Phi) is 6.25. The van der Waals surface area contributed by atoms with Crippen LogP contribution in [0.1, 0.15) is 29.8 Å². The van der Waals surface area contributed by atoms with Gasteiger partial charge in [0.25, 0.3) is 5.91 Å². The van der Waals surface area contributed by atoms with Crippen molar-refractivity contribution in [2.24, 2.45) is 0 Å². The minimum atomic E-state index is -0.930. The van der Waals surface area contributed by atoms with Crippen molar-refractivity contribution in [3.8, 4) is 17.1 Å². The highest BCUT2D eigenvalue weighted by atomic mass is 35.5. The van der Waals surface area contributed by atoms with Gasteiger partial charge < -0.3 is 19.3 Å². The van der Waals surface area contributed by atoms with Crippen molar-refractivity contribution >= 4 is 17.5 Å². The van der Waals surface area contributed by atoms with Crippen molar-refractivity contribution in [3.05, 3.63) is 71.1 Å². The molecule has 2 aromatic carbocycles. The Morgan fingerprint density at radius 2 is 2.03 bits per heavy atom. The van der Waals surface area contributed by atoms with Crippen molar-refractivity contribution < 1.29 is 23.6 Å². The van der Waals surface area contributed by atoms with Gasteiger partial charge in [0.05, 0.1) is 11.1 Å². The molecule has 0 bridgehead atoms. The molecule has 31 heavy (non-hydrogen) atoms. The molecule has 6 nitrogen and oxygen atoms in total. The van der Waals surface area contributed by atoms with E-state index in [9.17, 15) is 14.3 Å². The van der Waals surface area contributed by atoms with Crippen molar-refractivity contribution in [2.45, 2.75) is 37.5 Å². The fraction of sp³-hybridized carbons (Fsp3) is 0.304. The van der Waals surface area contributed by atoms with Gasteiger partial charge in [0.1, 0.15) is 23.8 Å². The van der Waals surface area contributed by atoms with E-state index in [0.29, 0.717) is 34.9 Å². The second-order valence-corrected chi connectivity index (χ2v) is 7.98. The molecule has 3 atom stereocenters. The Morgan fingerprint density at radius 1 is 1.23 bits per heavy atom. The maximum atomic E-state index is 13.4. The summed E-state index contributed by atoms with van der Waals surface area (Å²) in [6.07, 6.45) is 0.495. The topological polar surface area (TPSA) is 75.8 Å². The molecule has 1 saturated carbocycles. The molecule has 3 aromatic rings. The minimum absolute atomic E-state index is 0.123. The van der Waals surface area contributed by atoms with Crippen molar-refractivity contribution in [1.82, 2.24) is 10.1 Å². The van der Waals surface area contributed by atoms with Gasteiger partial charge in [0.15, 0.2) is 11.5 Å². The number of carbonyl (C=O) groups excluding carboxylic acids is 1. The maximum absolute atomic E-state index is 13.4. The Balaban J connectivity index is 1.47. The van der Waals surface area contributed by atoms with E-state index >= 15 is 0 Å². The van der Waals surface area contributed by atoms with Gasteiger partial charge in [-0.2, -0.15) is 0 Å². The van der Waals surface area contributed by atoms with Gasteiger partial charge >= 0.3 is 0 Å². The van der Waals surface area contributed by atoms with Crippen LogP contribution in [0.3, 0.4) is 0 Å². The molecule has 1 heterocycles. The Bertz CT molecular complexity index is 1070. The van der Waals surface area contributed by atoms with Crippen LogP contribution in [-0.2, 0) is 0 Å². The molecule has 0 unspecified atom stereocenters. The van der Waals surface area contributed by atoms with Crippen LogP contribution >= 0.6 is 11.6 Å². The fourth-order valence-electron chi connectivity index (χ4n) is 3.88. The smallest absolute Gasteiger partial charge is 0.276 e. The van der Waals surface area contributed by atoms with Gasteiger partial charge in [-0.05, 0) is 43.5 Å². The SMILES string of the molecule is CN(C(=O)c1cc(-c2ccccc2Cl)on1)[C@@H]1CCC[C@@H](Oc2cccc(F)c2)[C@@H]1O. The minimum Gasteiger partial charge on any atom is -0.488 e. The molecule has 0 spiro atoms. The lowest BCUT2D eigenvalue weighted by Gasteiger charge is -2.39. The summed E-state index contributed by atoms with van der Waals surface area (Å²) < 4.78 is 24.6. The third kappa shape index (κ3) is 4.57. The van der Waals surface area contributed by atoms with Crippen LogP contribution in [0.25, 0.3) is 11.3 Å². The van der Waals surface area contributed by atoms with Crippen LogP contribution in [0.5, 0.6) is 5.75 Å². The first-order chi connectivity index (χ1) is 14.9. The van der Waals surface area contributed by atoms with E-state index in [2.05, 4.69) is 5.16 Å². The van der Waals surface area contributed by atoms with E-state index in [1.807, 2.05) is 6.07 Å². The van der Waals surface area contributed by atoms with Gasteiger partial charge in [-0.1, -0.05) is 35.0 Å². The highest BCUT2D eigenvalue weighted by Crippen LogP contribution is 2.30. The summed E-state index contributed by atoms with van der Waals surface area (Å²) in [6, 6.07) is 14.0. The van der Waals surface area contributed by atoms with E-state index < -0.39 is 24.1 Å². The Hall–Kier alpha value is -2.90. The first-order valence-electron chi connectivity index (χ1n) is 10.0. The first kappa shape index (κ1) is 21.3. The summed E-state index contributed by atoms with van der Waals surface area (Å²) in [4.78, 5) is 14.5. The van der Waals surface area contributed by atoms with Crippen molar-refractivity contribution in [3.63, 3.8) is 0 Å². The van der Waals surface area contributed by atoms with Gasteiger partial charge in [-0.15, -0.1) is 0 Å². The van der Waals surface area contributed by atoms with E-state index in [1.54, 1.807) is 37.4 Å². The van der Waals surface area contributed by atoms with E-state index in [0.717, 1.165) is 6.42 Å². The van der Waals surface area contributed by atoms with E-state index in [-0.39, 0.29) is 11.6 Å². The molecule has 1 N–H and O–H groups in total. The van der Waals surface area contributed by atoms with Gasteiger partial charge in [-0.3, -0.25) is 4.79 Å². The van der Waals surface area contributed by atoms with Crippen molar-refractivity contribution in [2.75, 3.05) is 7.05 Å². The van der Waals surface area contributed by atoms with Crippen LogP contribution in [0.4, 0.5) is 4.39 Å². The predicted octanol–water partition coefficient (Wildman–Crippen LogP) is 4.57. The number of halogens is 2. The number of likely N-dealkylation sites (N-methyl/N-ethyl adjacent to an activating group) is 1. The summed E-state index contributed by atoms with van der Waals surface area (Å²) in [5.74, 6) is -0.0528. The maximum Gasteiger partial charge on any atom is 0.276 e. The third-order valence-corrected chi connectivity index (χ3v) is 5.86. The molecule has 0 aliphatic heterocycles. The summed E-state index contributed by atoms with van der Waals surface area (Å²) in [7, 11) is 1.62. The summed E-state index contributed by atoms with van der Waals surface area (Å²) in [5.41, 5.74) is 0.762. The molecular formula is C23H22ClFN2O4. The number of aliphatic hydroxyl groups is 1. The zero-order valence-electron chi connectivity index (χ0n) is 16.9. The summed E-state index contributed by atoms with van der Waals surface area (Å²) >= 11 is 6.19. The average Bonchev–Trinajstić information content (AvgIpc) is 3.24. The van der Waals surface area contributed by atoms with Gasteiger partial charge in [0.2, 0.25) is 0 Å². The zero-order valence-corrected chi connectivity index (χ0v) is 17.6. The van der Waals surface area contributed by atoms with Gasteiger partial charge in [0, 0.05) is 24.7 Å². The second-order valence-electron chi connectivity index (χ2n) is 7.57. The molecule has 0 saturated heterocycles. The molecule has 8 heteroatoms. The quantitative estimate of drug-likeness (QED) is 0.624. The number of ether oxygens (including phenoxy) is 1. The number of rotatable bonds is 5. The first-order valence-corrected chi connectivity index (χ1v) is 10.4. The number of hydrogen-bond acceptors (Lipinski definition) is 5. The number of nitrogens with zero attached hydrogens (tertiary/aromatic N) is 2. The van der Waals surface area contributed by atoms with E-state index in [1.165, 1.54) is 23.1 Å². The molecule has 1 amide bonds. The second kappa shape index (κ2) is 9.08. The van der Waals surface area contributed by atoms with Crippen LogP contribution in [0.15, 0.2) is 59.1 Å². The monoisotopic (exact) mass is 444 g/mol. The lowest BCUT2D eigenvalue weighted by atomic mass is 9.88. The number of aliphatic hydroxyl groups excluding tert-OH is 1. The highest BCUT2D eigenvalue weighted by molar-refractivity contribution is 6.33. The molecule has 1 aliphatic carbocycles. The zero-order chi connectivity index (χ0) is 22.0. The Labute approximate surface area is 184 Å². The molecule has 1 fully saturated rings. The third-order valence-electron chi connectivity index (χ3n) is 5.53. The average molecular weight is 445 g/mol. The number of aromatic nitrogens is 1. The number of amides is 1. The molecule has 1 aromatic heterocycles. The van der Waals surface area contributed by atoms with E-state index in [4.69, 9.17) is 20.9 Å². The summed E-state index contributed by atoms with van der Waals surface area (Å²) in [5, 5.41) is 15.3. The largest absolute Gasteiger partial charge is 0.488 e. The fourth-order valence-corrected chi connectivity index (χ4v) is 4.11. The molecule has 4 rings (SSSR count). The van der Waals surface area contributed by atoms with Gasteiger partial charge in [-0.25, -0.2) is 4.39 Å². The normalized spacial score (nSPS) is 21.0. The van der Waals surface area contributed by atoms with Crippen LogP contribution in [-0.4, -0.2) is 46.4 Å². The van der Waals surface area contributed by atoms with Crippen molar-refractivity contribution in [1.29, 1.82) is 0 Å². The lowest BCUT2D eigenvalue weighted by molar-refractivity contribution is -0.0415. The van der Waals surface area contributed by atoms with Crippen LogP contribution in [0.2, 0.25) is 5.02 Å². The lowest BCUT2D eigenvalue weighted by Crippen LogP contribution is -2.53. The van der Waals surface area contributed by atoms with Crippen LogP contribution < -0.4 is 4.74 Å². The molecular weight excluding hydrogens is 423 g/mol. The number of benzene rings is 2. The molecule has 162 valence electrons. The molecule has 1 aliphatic rings. The highest BCUT2D eigenvalue weighted by Gasteiger charge is 2.38. The van der Waals surface area contributed by atoms with Crippen LogP contribution in [0, 0.1) is 5.82 Å². The molecule has 0 radical (unpaired) electrons. The predicted molar refractivity (Wildman–Crippen MR) is 114 cm³/mol.